The maximum Gasteiger partial charge on any atom is 0.126 e. The second-order valence-electron chi connectivity index (χ2n) is 3.81. The van der Waals surface area contributed by atoms with Crippen LogP contribution in [0.4, 0.5) is 4.39 Å². The van der Waals surface area contributed by atoms with Crippen molar-refractivity contribution in [1.82, 2.24) is 5.32 Å². The molecule has 2 unspecified atom stereocenters. The highest BCUT2D eigenvalue weighted by molar-refractivity contribution is 5.29. The molecule has 0 heterocycles. The number of nitrogens with one attached hydrogen (secondary N) is 1. The van der Waals surface area contributed by atoms with Crippen LogP contribution < -0.4 is 10.1 Å². The van der Waals surface area contributed by atoms with Gasteiger partial charge < -0.3 is 10.1 Å². The third-order valence-corrected chi connectivity index (χ3v) is 2.61. The summed E-state index contributed by atoms with van der Waals surface area (Å²) < 4.78 is 18.7. The lowest BCUT2D eigenvalue weighted by atomic mass is 10.2. The molecule has 84 valence electrons. The summed E-state index contributed by atoms with van der Waals surface area (Å²) in [5, 5.41) is 3.11. The van der Waals surface area contributed by atoms with Crippen LogP contribution in [0.5, 0.6) is 5.75 Å². The predicted molar refractivity (Wildman–Crippen MR) is 59.7 cm³/mol. The van der Waals surface area contributed by atoms with Gasteiger partial charge in [0.2, 0.25) is 0 Å². The van der Waals surface area contributed by atoms with E-state index in [9.17, 15) is 4.39 Å². The normalized spacial score (nSPS) is 14.7. The maximum absolute atomic E-state index is 13.0. The molecule has 0 aliphatic carbocycles. The van der Waals surface area contributed by atoms with Gasteiger partial charge in [-0.15, -0.1) is 0 Å². The van der Waals surface area contributed by atoms with Crippen molar-refractivity contribution in [2.45, 2.75) is 32.9 Å². The number of aryl methyl sites for hydroxylation is 1. The topological polar surface area (TPSA) is 21.3 Å². The van der Waals surface area contributed by atoms with E-state index in [2.05, 4.69) is 5.32 Å². The van der Waals surface area contributed by atoms with E-state index >= 15 is 0 Å². The van der Waals surface area contributed by atoms with Crippen molar-refractivity contribution < 1.29 is 9.13 Å². The third-order valence-electron chi connectivity index (χ3n) is 2.61. The Morgan fingerprint density at radius 2 is 2.00 bits per heavy atom. The Labute approximate surface area is 90.4 Å². The molecule has 1 aromatic rings. The molecule has 1 rings (SSSR count). The molecule has 15 heavy (non-hydrogen) atoms. The number of benzene rings is 1. The smallest absolute Gasteiger partial charge is 0.126 e. The average Bonchev–Trinajstić information content (AvgIpc) is 2.22. The summed E-state index contributed by atoms with van der Waals surface area (Å²) in [4.78, 5) is 0. The molecule has 0 fully saturated rings. The molecule has 0 amide bonds. The van der Waals surface area contributed by atoms with Gasteiger partial charge in [0.05, 0.1) is 0 Å². The van der Waals surface area contributed by atoms with Gasteiger partial charge in [0.1, 0.15) is 17.7 Å². The summed E-state index contributed by atoms with van der Waals surface area (Å²) in [5.74, 6) is 0.514. The fourth-order valence-electron chi connectivity index (χ4n) is 1.24. The molecule has 2 atom stereocenters. The number of hydrogen-bond acceptors (Lipinski definition) is 2. The van der Waals surface area contributed by atoms with Crippen molar-refractivity contribution in [3.63, 3.8) is 0 Å². The second-order valence-corrected chi connectivity index (χ2v) is 3.81. The van der Waals surface area contributed by atoms with E-state index in [-0.39, 0.29) is 18.0 Å². The lowest BCUT2D eigenvalue weighted by Gasteiger charge is -2.21. The zero-order valence-electron chi connectivity index (χ0n) is 9.67. The van der Waals surface area contributed by atoms with Crippen LogP contribution in [0.1, 0.15) is 19.4 Å². The molecule has 0 saturated heterocycles. The number of halogens is 1. The van der Waals surface area contributed by atoms with E-state index in [0.29, 0.717) is 11.3 Å². The van der Waals surface area contributed by atoms with Gasteiger partial charge in [-0.2, -0.15) is 0 Å². The summed E-state index contributed by atoms with van der Waals surface area (Å²) in [6.07, 6.45) is 0.0554. The van der Waals surface area contributed by atoms with Crippen molar-refractivity contribution >= 4 is 0 Å². The summed E-state index contributed by atoms with van der Waals surface area (Å²) in [6.45, 7) is 5.76. The zero-order valence-corrected chi connectivity index (χ0v) is 9.67. The summed E-state index contributed by atoms with van der Waals surface area (Å²) in [5.41, 5.74) is 0.608. The molecule has 0 spiro atoms. The van der Waals surface area contributed by atoms with Crippen molar-refractivity contribution in [3.05, 3.63) is 29.6 Å². The van der Waals surface area contributed by atoms with Gasteiger partial charge in [-0.05, 0) is 51.6 Å². The minimum Gasteiger partial charge on any atom is -0.489 e. The van der Waals surface area contributed by atoms with E-state index in [1.54, 1.807) is 19.1 Å². The van der Waals surface area contributed by atoms with E-state index < -0.39 is 0 Å². The van der Waals surface area contributed by atoms with Crippen molar-refractivity contribution in [2.75, 3.05) is 7.05 Å². The predicted octanol–water partition coefficient (Wildman–Crippen LogP) is 2.51. The van der Waals surface area contributed by atoms with Crippen LogP contribution in [0.3, 0.4) is 0 Å². The van der Waals surface area contributed by atoms with Crippen molar-refractivity contribution in [3.8, 4) is 5.75 Å². The number of likely N-dealkylation sites (N-methyl/N-ethyl adjacent to an activating group) is 1. The Morgan fingerprint density at radius 3 is 2.53 bits per heavy atom. The number of rotatable bonds is 4. The fourth-order valence-corrected chi connectivity index (χ4v) is 1.24. The van der Waals surface area contributed by atoms with Gasteiger partial charge in [-0.3, -0.25) is 0 Å². The van der Waals surface area contributed by atoms with Gasteiger partial charge in [0, 0.05) is 6.04 Å². The summed E-state index contributed by atoms with van der Waals surface area (Å²) in [6, 6.07) is 5.06. The Balaban J connectivity index is 2.68. The van der Waals surface area contributed by atoms with Gasteiger partial charge in [-0.25, -0.2) is 4.39 Å². The molecule has 3 heteroatoms. The van der Waals surface area contributed by atoms with Crippen LogP contribution in [0.15, 0.2) is 18.2 Å². The molecule has 2 nitrogen and oxygen atoms in total. The molecule has 0 aromatic heterocycles. The highest BCUT2D eigenvalue weighted by Gasteiger charge is 2.11. The van der Waals surface area contributed by atoms with Crippen LogP contribution >= 0.6 is 0 Å². The standard InChI is InChI=1S/C12H18FNO/c1-8-7-11(5-6-12(8)13)15-10(3)9(2)14-4/h5-7,9-10,14H,1-4H3. The Morgan fingerprint density at radius 1 is 1.33 bits per heavy atom. The molecule has 0 aliphatic rings. The second kappa shape index (κ2) is 5.12. The van der Waals surface area contributed by atoms with Crippen molar-refractivity contribution in [1.29, 1.82) is 0 Å². The van der Waals surface area contributed by atoms with Crippen LogP contribution in [0.25, 0.3) is 0 Å². The first-order chi connectivity index (χ1) is 7.04. The van der Waals surface area contributed by atoms with Gasteiger partial charge >= 0.3 is 0 Å². The molecular formula is C12H18FNO. The first-order valence-corrected chi connectivity index (χ1v) is 5.14. The zero-order chi connectivity index (χ0) is 11.4. The molecule has 0 bridgehead atoms. The first kappa shape index (κ1) is 12.0. The highest BCUT2D eigenvalue weighted by atomic mass is 19.1. The Kier molecular flexibility index (Phi) is 4.09. The minimum atomic E-state index is -0.198. The summed E-state index contributed by atoms with van der Waals surface area (Å²) >= 11 is 0. The Hall–Kier alpha value is -1.09. The van der Waals surface area contributed by atoms with Crippen LogP contribution in [0.2, 0.25) is 0 Å². The molecular weight excluding hydrogens is 193 g/mol. The van der Waals surface area contributed by atoms with Crippen LogP contribution in [0, 0.1) is 12.7 Å². The SMILES string of the molecule is CNC(C)C(C)Oc1ccc(F)c(C)c1. The third kappa shape index (κ3) is 3.20. The van der Waals surface area contributed by atoms with E-state index in [4.69, 9.17) is 4.74 Å². The highest BCUT2D eigenvalue weighted by Crippen LogP contribution is 2.17. The van der Waals surface area contributed by atoms with Crippen LogP contribution in [-0.4, -0.2) is 19.2 Å². The molecule has 0 saturated carbocycles. The lowest BCUT2D eigenvalue weighted by Crippen LogP contribution is -2.36. The van der Waals surface area contributed by atoms with Gasteiger partial charge in [-0.1, -0.05) is 0 Å². The van der Waals surface area contributed by atoms with E-state index in [1.807, 2.05) is 20.9 Å². The molecule has 1 N–H and O–H groups in total. The van der Waals surface area contributed by atoms with Crippen molar-refractivity contribution in [2.24, 2.45) is 0 Å². The maximum atomic E-state index is 13.0. The first-order valence-electron chi connectivity index (χ1n) is 5.14. The molecule has 0 aliphatic heterocycles. The monoisotopic (exact) mass is 211 g/mol. The molecule has 0 radical (unpaired) electrons. The quantitative estimate of drug-likeness (QED) is 0.826. The van der Waals surface area contributed by atoms with Gasteiger partial charge in [0.25, 0.3) is 0 Å². The largest absolute Gasteiger partial charge is 0.489 e. The minimum absolute atomic E-state index is 0.0554. The van der Waals surface area contributed by atoms with E-state index in [0.717, 1.165) is 0 Å². The number of hydrogen-bond donors (Lipinski definition) is 1. The number of ether oxygens (including phenoxy) is 1. The summed E-state index contributed by atoms with van der Waals surface area (Å²) in [7, 11) is 1.89. The van der Waals surface area contributed by atoms with E-state index in [1.165, 1.54) is 6.07 Å². The van der Waals surface area contributed by atoms with Crippen LogP contribution in [-0.2, 0) is 0 Å². The fraction of sp³-hybridized carbons (Fsp3) is 0.500. The lowest BCUT2D eigenvalue weighted by molar-refractivity contribution is 0.182. The van der Waals surface area contributed by atoms with Gasteiger partial charge in [0.15, 0.2) is 0 Å². The Bertz CT molecular complexity index is 327. The molecule has 1 aromatic carbocycles. The average molecular weight is 211 g/mol.